The Bertz CT molecular complexity index is 420. The van der Waals surface area contributed by atoms with Gasteiger partial charge in [0.1, 0.15) is 0 Å². The highest BCUT2D eigenvalue weighted by molar-refractivity contribution is 5.42. The molecule has 1 aromatic rings. The lowest BCUT2D eigenvalue weighted by Crippen LogP contribution is -2.35. The van der Waals surface area contributed by atoms with E-state index in [0.717, 1.165) is 25.8 Å². The summed E-state index contributed by atoms with van der Waals surface area (Å²) in [5.41, 5.74) is 6.41. The Balaban J connectivity index is 3.48. The number of benzene rings is 1. The van der Waals surface area contributed by atoms with E-state index < -0.39 is 0 Å². The van der Waals surface area contributed by atoms with Crippen LogP contribution in [0, 0.1) is 5.41 Å². The molecule has 0 saturated carbocycles. The maximum Gasteiger partial charge on any atom is 0.0377 e. The van der Waals surface area contributed by atoms with Gasteiger partial charge in [0.25, 0.3) is 0 Å². The standard InChI is InChI=1S/C20H35N/c1-8-15-13-16(9-2)18(17(10-3)14-15)19(21-12-5)20(6,7)11-4/h13-14,19,21H,8-12H2,1-7H3. The van der Waals surface area contributed by atoms with E-state index in [2.05, 4.69) is 65.9 Å². The predicted octanol–water partition coefficient (Wildman–Crippen LogP) is 5.46. The van der Waals surface area contributed by atoms with E-state index in [1.54, 1.807) is 16.7 Å². The van der Waals surface area contributed by atoms with Gasteiger partial charge in [-0.2, -0.15) is 0 Å². The van der Waals surface area contributed by atoms with Gasteiger partial charge >= 0.3 is 0 Å². The molecule has 1 unspecified atom stereocenters. The first kappa shape index (κ1) is 18.2. The third kappa shape index (κ3) is 4.10. The lowest BCUT2D eigenvalue weighted by atomic mass is 9.74. The predicted molar refractivity (Wildman–Crippen MR) is 95.1 cm³/mol. The third-order valence-corrected chi connectivity index (χ3v) is 4.97. The maximum atomic E-state index is 3.78. The fourth-order valence-corrected chi connectivity index (χ4v) is 3.19. The monoisotopic (exact) mass is 289 g/mol. The molecule has 1 nitrogen and oxygen atoms in total. The molecule has 0 aliphatic rings. The van der Waals surface area contributed by atoms with Crippen LogP contribution in [0.1, 0.15) is 83.2 Å². The Morgan fingerprint density at radius 2 is 1.43 bits per heavy atom. The van der Waals surface area contributed by atoms with Gasteiger partial charge in [-0.3, -0.25) is 0 Å². The molecule has 1 rings (SSSR count). The van der Waals surface area contributed by atoms with Crippen LogP contribution in [0.15, 0.2) is 12.1 Å². The zero-order chi connectivity index (χ0) is 16.0. The number of aryl methyl sites for hydroxylation is 3. The summed E-state index contributed by atoms with van der Waals surface area (Å²) in [5.74, 6) is 0. The minimum Gasteiger partial charge on any atom is -0.310 e. The summed E-state index contributed by atoms with van der Waals surface area (Å²) in [5, 5.41) is 3.78. The van der Waals surface area contributed by atoms with Gasteiger partial charge < -0.3 is 5.32 Å². The first-order valence-electron chi connectivity index (χ1n) is 8.82. The summed E-state index contributed by atoms with van der Waals surface area (Å²) in [6.45, 7) is 17.2. The lowest BCUT2D eigenvalue weighted by molar-refractivity contribution is 0.235. The molecule has 0 spiro atoms. The molecule has 0 bridgehead atoms. The Kier molecular flexibility index (Phi) is 6.93. The topological polar surface area (TPSA) is 12.0 Å². The second kappa shape index (κ2) is 7.98. The van der Waals surface area contributed by atoms with Crippen LogP contribution in [0.4, 0.5) is 0 Å². The molecule has 1 aromatic carbocycles. The van der Waals surface area contributed by atoms with Crippen LogP contribution in [0.2, 0.25) is 0 Å². The summed E-state index contributed by atoms with van der Waals surface area (Å²) in [4.78, 5) is 0. The van der Waals surface area contributed by atoms with Crippen molar-refractivity contribution in [2.24, 2.45) is 5.41 Å². The van der Waals surface area contributed by atoms with Gasteiger partial charge in [-0.05, 0) is 59.9 Å². The Labute approximate surface area is 132 Å². The van der Waals surface area contributed by atoms with Crippen LogP contribution in [-0.2, 0) is 19.3 Å². The van der Waals surface area contributed by atoms with Crippen molar-refractivity contribution < 1.29 is 0 Å². The first-order chi connectivity index (χ1) is 9.94. The number of hydrogen-bond acceptors (Lipinski definition) is 1. The molecule has 0 aliphatic heterocycles. The Morgan fingerprint density at radius 3 is 1.76 bits per heavy atom. The molecule has 21 heavy (non-hydrogen) atoms. The van der Waals surface area contributed by atoms with E-state index >= 15 is 0 Å². The molecule has 0 amide bonds. The number of rotatable bonds is 8. The molecule has 0 radical (unpaired) electrons. The highest BCUT2D eigenvalue weighted by Gasteiger charge is 2.31. The van der Waals surface area contributed by atoms with Crippen molar-refractivity contribution in [2.75, 3.05) is 6.54 Å². The molecular formula is C20H35N. The average Bonchev–Trinajstić information content (AvgIpc) is 2.51. The fraction of sp³-hybridized carbons (Fsp3) is 0.700. The van der Waals surface area contributed by atoms with Gasteiger partial charge in [0.15, 0.2) is 0 Å². The molecule has 0 heterocycles. The second-order valence-electron chi connectivity index (χ2n) is 6.72. The van der Waals surface area contributed by atoms with Crippen molar-refractivity contribution in [3.05, 3.63) is 34.4 Å². The van der Waals surface area contributed by atoms with Gasteiger partial charge in [-0.1, -0.05) is 60.6 Å². The van der Waals surface area contributed by atoms with E-state index in [0.29, 0.717) is 6.04 Å². The van der Waals surface area contributed by atoms with Gasteiger partial charge in [0, 0.05) is 6.04 Å². The van der Waals surface area contributed by atoms with E-state index in [1.807, 2.05) is 0 Å². The summed E-state index contributed by atoms with van der Waals surface area (Å²) < 4.78 is 0. The van der Waals surface area contributed by atoms with Crippen molar-refractivity contribution in [2.45, 2.75) is 80.2 Å². The molecule has 1 heteroatoms. The summed E-state index contributed by atoms with van der Waals surface area (Å²) in [6.07, 6.45) is 4.56. The highest BCUT2D eigenvalue weighted by Crippen LogP contribution is 2.40. The highest BCUT2D eigenvalue weighted by atomic mass is 14.9. The third-order valence-electron chi connectivity index (χ3n) is 4.97. The first-order valence-corrected chi connectivity index (χ1v) is 8.82. The number of nitrogens with one attached hydrogen (secondary N) is 1. The fourth-order valence-electron chi connectivity index (χ4n) is 3.19. The lowest BCUT2D eigenvalue weighted by Gasteiger charge is -2.37. The van der Waals surface area contributed by atoms with Crippen LogP contribution in [0.3, 0.4) is 0 Å². The second-order valence-corrected chi connectivity index (χ2v) is 6.72. The van der Waals surface area contributed by atoms with Crippen molar-refractivity contribution in [1.29, 1.82) is 0 Å². The van der Waals surface area contributed by atoms with Crippen molar-refractivity contribution in [3.63, 3.8) is 0 Å². The smallest absolute Gasteiger partial charge is 0.0377 e. The van der Waals surface area contributed by atoms with E-state index in [-0.39, 0.29) is 5.41 Å². The van der Waals surface area contributed by atoms with Crippen molar-refractivity contribution >= 4 is 0 Å². The molecule has 120 valence electrons. The average molecular weight is 290 g/mol. The number of hydrogen-bond donors (Lipinski definition) is 1. The van der Waals surface area contributed by atoms with Crippen LogP contribution in [-0.4, -0.2) is 6.54 Å². The molecule has 1 N–H and O–H groups in total. The van der Waals surface area contributed by atoms with Crippen LogP contribution >= 0.6 is 0 Å². The maximum absolute atomic E-state index is 3.78. The van der Waals surface area contributed by atoms with Crippen LogP contribution in [0.5, 0.6) is 0 Å². The van der Waals surface area contributed by atoms with Gasteiger partial charge in [0.2, 0.25) is 0 Å². The largest absolute Gasteiger partial charge is 0.310 e. The summed E-state index contributed by atoms with van der Waals surface area (Å²) >= 11 is 0. The zero-order valence-corrected chi connectivity index (χ0v) is 15.3. The van der Waals surface area contributed by atoms with Gasteiger partial charge in [-0.25, -0.2) is 0 Å². The quantitative estimate of drug-likeness (QED) is 0.670. The SMILES string of the molecule is CCNC(c1c(CC)cc(CC)cc1CC)C(C)(C)CC. The normalized spacial score (nSPS) is 13.5. The van der Waals surface area contributed by atoms with E-state index in [4.69, 9.17) is 0 Å². The van der Waals surface area contributed by atoms with Gasteiger partial charge in [0.05, 0.1) is 0 Å². The van der Waals surface area contributed by atoms with E-state index in [9.17, 15) is 0 Å². The summed E-state index contributed by atoms with van der Waals surface area (Å²) in [6, 6.07) is 5.32. The Hall–Kier alpha value is -0.820. The minimum absolute atomic E-state index is 0.275. The van der Waals surface area contributed by atoms with Gasteiger partial charge in [-0.15, -0.1) is 0 Å². The van der Waals surface area contributed by atoms with Crippen molar-refractivity contribution in [3.8, 4) is 0 Å². The van der Waals surface area contributed by atoms with Crippen molar-refractivity contribution in [1.82, 2.24) is 5.32 Å². The van der Waals surface area contributed by atoms with Crippen LogP contribution in [0.25, 0.3) is 0 Å². The minimum atomic E-state index is 0.275. The molecular weight excluding hydrogens is 254 g/mol. The molecule has 0 aromatic heterocycles. The zero-order valence-electron chi connectivity index (χ0n) is 15.3. The summed E-state index contributed by atoms with van der Waals surface area (Å²) in [7, 11) is 0. The molecule has 1 atom stereocenters. The van der Waals surface area contributed by atoms with E-state index in [1.165, 1.54) is 12.0 Å². The molecule has 0 saturated heterocycles. The molecule has 0 fully saturated rings. The Morgan fingerprint density at radius 1 is 0.905 bits per heavy atom. The molecule has 0 aliphatic carbocycles. The van der Waals surface area contributed by atoms with Crippen LogP contribution < -0.4 is 5.32 Å².